The van der Waals surface area contributed by atoms with Crippen molar-refractivity contribution in [2.24, 2.45) is 0 Å². The van der Waals surface area contributed by atoms with Gasteiger partial charge in [-0.25, -0.2) is 9.97 Å². The van der Waals surface area contributed by atoms with E-state index in [1.54, 1.807) is 0 Å². The van der Waals surface area contributed by atoms with Gasteiger partial charge in [-0.3, -0.25) is 0 Å². The fourth-order valence-corrected chi connectivity index (χ4v) is 2.86. The second-order valence-electron chi connectivity index (χ2n) is 6.18. The van der Waals surface area contributed by atoms with Crippen LogP contribution in [0.1, 0.15) is 12.7 Å². The highest BCUT2D eigenvalue weighted by atomic mass is 16.3. The molecule has 0 fully saturated rings. The summed E-state index contributed by atoms with van der Waals surface area (Å²) in [6.07, 6.45) is 0.768. The van der Waals surface area contributed by atoms with Crippen molar-refractivity contribution < 1.29 is 4.42 Å². The molecule has 1 N–H and O–H groups in total. The van der Waals surface area contributed by atoms with Crippen LogP contribution >= 0.6 is 0 Å². The van der Waals surface area contributed by atoms with E-state index < -0.39 is 0 Å². The van der Waals surface area contributed by atoms with Gasteiger partial charge in [-0.05, 0) is 36.4 Å². The number of fused-ring (bicyclic) bond motifs is 3. The van der Waals surface area contributed by atoms with Gasteiger partial charge in [0.25, 0.3) is 0 Å². The Balaban J connectivity index is 1.82. The van der Waals surface area contributed by atoms with Crippen LogP contribution in [0.25, 0.3) is 22.1 Å². The lowest BCUT2D eigenvalue weighted by Crippen LogP contribution is -2.08. The normalized spacial score (nSPS) is 11.2. The van der Waals surface area contributed by atoms with Crippen LogP contribution in [0.3, 0.4) is 0 Å². The highest BCUT2D eigenvalue weighted by Gasteiger charge is 2.15. The molecule has 2 aromatic heterocycles. The van der Waals surface area contributed by atoms with E-state index in [9.17, 15) is 0 Å². The van der Waals surface area contributed by atoms with Crippen LogP contribution in [0, 0.1) is 0 Å². The summed E-state index contributed by atoms with van der Waals surface area (Å²) >= 11 is 0. The molecule has 25 heavy (non-hydrogen) atoms. The van der Waals surface area contributed by atoms with Crippen LogP contribution in [-0.2, 0) is 6.42 Å². The molecule has 0 unspecified atom stereocenters. The number of nitrogens with one attached hydrogen (secondary N) is 1. The zero-order valence-corrected chi connectivity index (χ0v) is 14.6. The van der Waals surface area contributed by atoms with Gasteiger partial charge in [0.15, 0.2) is 11.4 Å². The molecule has 5 heteroatoms. The highest BCUT2D eigenvalue weighted by Crippen LogP contribution is 2.32. The van der Waals surface area contributed by atoms with Crippen LogP contribution in [0.5, 0.6) is 0 Å². The van der Waals surface area contributed by atoms with Gasteiger partial charge in [0.2, 0.25) is 0 Å². The number of aryl methyl sites for hydroxylation is 1. The van der Waals surface area contributed by atoms with E-state index in [0.29, 0.717) is 11.4 Å². The largest absolute Gasteiger partial charge is 0.450 e. The van der Waals surface area contributed by atoms with Gasteiger partial charge in [0.1, 0.15) is 16.9 Å². The number of anilines is 3. The van der Waals surface area contributed by atoms with Gasteiger partial charge in [0.05, 0.1) is 0 Å². The van der Waals surface area contributed by atoms with E-state index >= 15 is 0 Å². The Labute approximate surface area is 146 Å². The maximum absolute atomic E-state index is 6.02. The first kappa shape index (κ1) is 15.4. The lowest BCUT2D eigenvalue weighted by atomic mass is 10.2. The molecule has 0 bridgehead atoms. The minimum atomic E-state index is 0.690. The first-order valence-electron chi connectivity index (χ1n) is 8.38. The molecular formula is C20H20N4O. The van der Waals surface area contributed by atoms with Crippen LogP contribution in [0.4, 0.5) is 17.2 Å². The van der Waals surface area contributed by atoms with E-state index in [1.807, 2.05) is 50.5 Å². The fourth-order valence-electron chi connectivity index (χ4n) is 2.86. The summed E-state index contributed by atoms with van der Waals surface area (Å²) in [7, 11) is 4.05. The van der Waals surface area contributed by atoms with Crippen LogP contribution in [0.2, 0.25) is 0 Å². The second-order valence-corrected chi connectivity index (χ2v) is 6.18. The van der Waals surface area contributed by atoms with Crippen molar-refractivity contribution in [3.8, 4) is 0 Å². The number of furan rings is 1. The third kappa shape index (κ3) is 2.78. The Morgan fingerprint density at radius 2 is 1.76 bits per heavy atom. The molecule has 0 aliphatic rings. The lowest BCUT2D eigenvalue weighted by molar-refractivity contribution is 0.666. The zero-order chi connectivity index (χ0) is 17.4. The van der Waals surface area contributed by atoms with E-state index in [1.165, 1.54) is 0 Å². The minimum Gasteiger partial charge on any atom is -0.450 e. The molecule has 2 heterocycles. The Kier molecular flexibility index (Phi) is 3.76. The second kappa shape index (κ2) is 6.09. The molecule has 0 saturated heterocycles. The van der Waals surface area contributed by atoms with Crippen LogP contribution in [-0.4, -0.2) is 24.1 Å². The third-order valence-electron chi connectivity index (χ3n) is 4.23. The fraction of sp³-hybridized carbons (Fsp3) is 0.200. The van der Waals surface area contributed by atoms with Crippen molar-refractivity contribution in [2.75, 3.05) is 24.3 Å². The van der Waals surface area contributed by atoms with Crippen molar-refractivity contribution in [2.45, 2.75) is 13.3 Å². The SMILES string of the molecule is CCc1nc(Nc2ccc(N(C)C)cc2)c2oc3ccccc3c2n1. The number of hydrogen-bond acceptors (Lipinski definition) is 5. The monoisotopic (exact) mass is 332 g/mol. The number of hydrogen-bond donors (Lipinski definition) is 1. The highest BCUT2D eigenvalue weighted by molar-refractivity contribution is 6.06. The topological polar surface area (TPSA) is 54.2 Å². The van der Waals surface area contributed by atoms with Crippen molar-refractivity contribution in [1.82, 2.24) is 9.97 Å². The quantitative estimate of drug-likeness (QED) is 0.584. The van der Waals surface area contributed by atoms with Crippen LogP contribution < -0.4 is 10.2 Å². The summed E-state index contributed by atoms with van der Waals surface area (Å²) in [4.78, 5) is 11.4. The summed E-state index contributed by atoms with van der Waals surface area (Å²) < 4.78 is 6.02. The van der Waals surface area contributed by atoms with E-state index in [2.05, 4.69) is 39.2 Å². The molecule has 5 nitrogen and oxygen atoms in total. The van der Waals surface area contributed by atoms with Gasteiger partial charge < -0.3 is 14.6 Å². The molecule has 0 radical (unpaired) electrons. The molecule has 0 amide bonds. The molecule has 0 aliphatic carbocycles. The predicted molar refractivity (Wildman–Crippen MR) is 103 cm³/mol. The number of para-hydroxylation sites is 1. The molecule has 4 aromatic rings. The first-order valence-corrected chi connectivity index (χ1v) is 8.38. The third-order valence-corrected chi connectivity index (χ3v) is 4.23. The minimum absolute atomic E-state index is 0.690. The Morgan fingerprint density at radius 3 is 2.48 bits per heavy atom. The average Bonchev–Trinajstić information content (AvgIpc) is 3.01. The molecule has 2 aromatic carbocycles. The Morgan fingerprint density at radius 1 is 1.00 bits per heavy atom. The lowest BCUT2D eigenvalue weighted by Gasteiger charge is -2.13. The Bertz CT molecular complexity index is 1030. The van der Waals surface area contributed by atoms with Gasteiger partial charge in [-0.1, -0.05) is 19.1 Å². The summed E-state index contributed by atoms with van der Waals surface area (Å²) in [5.74, 6) is 1.50. The van der Waals surface area contributed by atoms with Gasteiger partial charge >= 0.3 is 0 Å². The number of aromatic nitrogens is 2. The molecule has 126 valence electrons. The molecule has 0 spiro atoms. The predicted octanol–water partition coefficient (Wildman–Crippen LogP) is 4.75. The standard InChI is InChI=1S/C20H20N4O/c1-4-17-22-18-15-7-5-6-8-16(15)25-19(18)20(23-17)21-13-9-11-14(12-10-13)24(2)3/h5-12H,4H2,1-3H3,(H,21,22,23). The summed E-state index contributed by atoms with van der Waals surface area (Å²) in [6, 6.07) is 16.2. The maximum atomic E-state index is 6.02. The number of rotatable bonds is 4. The van der Waals surface area contributed by atoms with Gasteiger partial charge in [0, 0.05) is 37.3 Å². The Hall–Kier alpha value is -3.08. The van der Waals surface area contributed by atoms with E-state index in [0.717, 1.165) is 40.1 Å². The maximum Gasteiger partial charge on any atom is 0.196 e. The molecule has 4 rings (SSSR count). The van der Waals surface area contributed by atoms with Crippen LogP contribution in [0.15, 0.2) is 52.9 Å². The van der Waals surface area contributed by atoms with E-state index in [4.69, 9.17) is 4.42 Å². The zero-order valence-electron chi connectivity index (χ0n) is 14.6. The molecule has 0 aliphatic heterocycles. The van der Waals surface area contributed by atoms with Crippen molar-refractivity contribution in [3.63, 3.8) is 0 Å². The first-order chi connectivity index (χ1) is 12.2. The number of nitrogens with zero attached hydrogens (tertiary/aromatic N) is 3. The molecular weight excluding hydrogens is 312 g/mol. The van der Waals surface area contributed by atoms with Gasteiger partial charge in [-0.2, -0.15) is 0 Å². The smallest absolute Gasteiger partial charge is 0.196 e. The van der Waals surface area contributed by atoms with Crippen molar-refractivity contribution >= 4 is 39.3 Å². The molecule has 0 atom stereocenters. The summed E-state index contributed by atoms with van der Waals surface area (Å²) in [6.45, 7) is 2.05. The van der Waals surface area contributed by atoms with E-state index in [-0.39, 0.29) is 0 Å². The number of benzene rings is 2. The van der Waals surface area contributed by atoms with Crippen molar-refractivity contribution in [3.05, 3.63) is 54.4 Å². The average molecular weight is 332 g/mol. The molecule has 0 saturated carbocycles. The summed E-state index contributed by atoms with van der Waals surface area (Å²) in [5, 5.41) is 4.40. The van der Waals surface area contributed by atoms with Gasteiger partial charge in [-0.15, -0.1) is 0 Å². The summed E-state index contributed by atoms with van der Waals surface area (Å²) in [5.41, 5.74) is 4.49. The van der Waals surface area contributed by atoms with Crippen molar-refractivity contribution in [1.29, 1.82) is 0 Å².